The SMILES string of the molecule is O=C1C2=C(CCCC2)C(=O)N1c1cccc2ncccc12. The number of aromatic nitrogens is 1. The van der Waals surface area contributed by atoms with E-state index in [1.54, 1.807) is 6.20 Å². The molecule has 21 heavy (non-hydrogen) atoms. The third-order valence-corrected chi connectivity index (χ3v) is 4.25. The molecule has 0 saturated carbocycles. The van der Waals surface area contributed by atoms with E-state index in [9.17, 15) is 9.59 Å². The Morgan fingerprint density at radius 2 is 1.62 bits per heavy atom. The molecule has 4 rings (SSSR count). The van der Waals surface area contributed by atoms with Crippen LogP contribution in [-0.2, 0) is 9.59 Å². The lowest BCUT2D eigenvalue weighted by atomic mass is 9.93. The Balaban J connectivity index is 1.87. The van der Waals surface area contributed by atoms with Crippen molar-refractivity contribution in [3.63, 3.8) is 0 Å². The van der Waals surface area contributed by atoms with Gasteiger partial charge in [0.05, 0.1) is 11.2 Å². The number of pyridine rings is 1. The molecule has 1 aromatic heterocycles. The van der Waals surface area contributed by atoms with E-state index < -0.39 is 0 Å². The van der Waals surface area contributed by atoms with Crippen LogP contribution in [0, 0.1) is 0 Å². The van der Waals surface area contributed by atoms with Crippen molar-refractivity contribution in [2.45, 2.75) is 25.7 Å². The van der Waals surface area contributed by atoms with Gasteiger partial charge in [-0.25, -0.2) is 4.90 Å². The molecule has 1 aromatic carbocycles. The third kappa shape index (κ3) is 1.72. The Bertz CT molecular complexity index is 774. The largest absolute Gasteiger partial charge is 0.269 e. The molecule has 0 bridgehead atoms. The average molecular weight is 278 g/mol. The van der Waals surface area contributed by atoms with Crippen LogP contribution < -0.4 is 4.90 Å². The molecular weight excluding hydrogens is 264 g/mol. The summed E-state index contributed by atoms with van der Waals surface area (Å²) in [7, 11) is 0. The monoisotopic (exact) mass is 278 g/mol. The van der Waals surface area contributed by atoms with Crippen molar-refractivity contribution in [3.05, 3.63) is 47.7 Å². The first kappa shape index (κ1) is 12.3. The van der Waals surface area contributed by atoms with Crippen molar-refractivity contribution >= 4 is 28.4 Å². The predicted molar refractivity (Wildman–Crippen MR) is 79.7 cm³/mol. The van der Waals surface area contributed by atoms with E-state index in [0.29, 0.717) is 16.8 Å². The van der Waals surface area contributed by atoms with Gasteiger partial charge in [-0.05, 0) is 49.9 Å². The zero-order valence-electron chi connectivity index (χ0n) is 11.5. The molecule has 1 aliphatic heterocycles. The summed E-state index contributed by atoms with van der Waals surface area (Å²) < 4.78 is 0. The van der Waals surface area contributed by atoms with Crippen LogP contribution >= 0.6 is 0 Å². The van der Waals surface area contributed by atoms with Gasteiger partial charge in [0.15, 0.2) is 0 Å². The summed E-state index contributed by atoms with van der Waals surface area (Å²) in [4.78, 5) is 30.9. The summed E-state index contributed by atoms with van der Waals surface area (Å²) in [5.74, 6) is -0.294. The number of carbonyl (C=O) groups is 2. The Morgan fingerprint density at radius 1 is 0.905 bits per heavy atom. The second-order valence-corrected chi connectivity index (χ2v) is 5.46. The first-order chi connectivity index (χ1) is 10.3. The van der Waals surface area contributed by atoms with Gasteiger partial charge in [0.2, 0.25) is 0 Å². The summed E-state index contributed by atoms with van der Waals surface area (Å²) in [6.45, 7) is 0. The number of imide groups is 1. The van der Waals surface area contributed by atoms with Crippen LogP contribution in [0.25, 0.3) is 10.9 Å². The molecule has 104 valence electrons. The minimum absolute atomic E-state index is 0.147. The fourth-order valence-electron chi connectivity index (χ4n) is 3.24. The van der Waals surface area contributed by atoms with Gasteiger partial charge in [-0.3, -0.25) is 14.6 Å². The van der Waals surface area contributed by atoms with Crippen LogP contribution in [0.2, 0.25) is 0 Å². The summed E-state index contributed by atoms with van der Waals surface area (Å²) in [6, 6.07) is 9.26. The summed E-state index contributed by atoms with van der Waals surface area (Å²) >= 11 is 0. The molecule has 4 nitrogen and oxygen atoms in total. The second kappa shape index (κ2) is 4.52. The lowest BCUT2D eigenvalue weighted by molar-refractivity contribution is -0.120. The highest BCUT2D eigenvalue weighted by molar-refractivity contribution is 6.34. The van der Waals surface area contributed by atoms with Crippen molar-refractivity contribution < 1.29 is 9.59 Å². The molecule has 0 radical (unpaired) electrons. The van der Waals surface area contributed by atoms with Crippen LogP contribution in [0.15, 0.2) is 47.7 Å². The molecule has 0 unspecified atom stereocenters. The second-order valence-electron chi connectivity index (χ2n) is 5.46. The van der Waals surface area contributed by atoms with Gasteiger partial charge in [0, 0.05) is 22.7 Å². The number of anilines is 1. The Kier molecular flexibility index (Phi) is 2.64. The van der Waals surface area contributed by atoms with E-state index in [2.05, 4.69) is 4.98 Å². The first-order valence-electron chi connectivity index (χ1n) is 7.22. The van der Waals surface area contributed by atoms with Crippen LogP contribution in [0.5, 0.6) is 0 Å². The number of amides is 2. The van der Waals surface area contributed by atoms with E-state index in [1.807, 2.05) is 30.3 Å². The highest BCUT2D eigenvalue weighted by Crippen LogP contribution is 2.37. The fraction of sp³-hybridized carbons (Fsp3) is 0.235. The maximum absolute atomic E-state index is 12.6. The zero-order chi connectivity index (χ0) is 14.4. The fourth-order valence-corrected chi connectivity index (χ4v) is 3.24. The molecule has 2 aliphatic rings. The molecule has 0 saturated heterocycles. The maximum atomic E-state index is 12.6. The van der Waals surface area contributed by atoms with Crippen molar-refractivity contribution in [1.29, 1.82) is 0 Å². The molecule has 2 aromatic rings. The summed E-state index contributed by atoms with van der Waals surface area (Å²) in [5.41, 5.74) is 2.87. The Hall–Kier alpha value is -2.49. The molecule has 2 amide bonds. The van der Waals surface area contributed by atoms with Crippen LogP contribution in [-0.4, -0.2) is 16.8 Å². The van der Waals surface area contributed by atoms with Crippen LogP contribution in [0.1, 0.15) is 25.7 Å². The number of nitrogens with zero attached hydrogens (tertiary/aromatic N) is 2. The van der Waals surface area contributed by atoms with Gasteiger partial charge in [-0.15, -0.1) is 0 Å². The molecule has 2 heterocycles. The van der Waals surface area contributed by atoms with Gasteiger partial charge < -0.3 is 0 Å². The normalized spacial score (nSPS) is 18.6. The number of benzene rings is 1. The first-order valence-corrected chi connectivity index (χ1v) is 7.22. The van der Waals surface area contributed by atoms with Crippen molar-refractivity contribution in [2.75, 3.05) is 4.90 Å². The summed E-state index contributed by atoms with van der Waals surface area (Å²) in [6.07, 6.45) is 5.13. The highest BCUT2D eigenvalue weighted by atomic mass is 16.2. The molecule has 0 N–H and O–H groups in total. The molecule has 0 fully saturated rings. The van der Waals surface area contributed by atoms with E-state index >= 15 is 0 Å². The Labute approximate surface area is 122 Å². The molecule has 0 atom stereocenters. The lowest BCUT2D eigenvalue weighted by Gasteiger charge is -2.17. The van der Waals surface area contributed by atoms with Crippen molar-refractivity contribution in [1.82, 2.24) is 4.98 Å². The van der Waals surface area contributed by atoms with Crippen molar-refractivity contribution in [3.8, 4) is 0 Å². The highest BCUT2D eigenvalue weighted by Gasteiger charge is 2.40. The molecule has 1 aliphatic carbocycles. The number of fused-ring (bicyclic) bond motifs is 1. The third-order valence-electron chi connectivity index (χ3n) is 4.25. The standard InChI is InChI=1S/C17H14N2O2/c20-16-11-5-1-2-6-12(11)17(21)19(16)15-9-3-8-14-13(15)7-4-10-18-14/h3-4,7-10H,1-2,5-6H2. The minimum Gasteiger partial charge on any atom is -0.269 e. The number of hydrogen-bond acceptors (Lipinski definition) is 3. The van der Waals surface area contributed by atoms with Gasteiger partial charge in [-0.1, -0.05) is 6.07 Å². The van der Waals surface area contributed by atoms with Gasteiger partial charge in [0.25, 0.3) is 11.8 Å². The maximum Gasteiger partial charge on any atom is 0.261 e. The van der Waals surface area contributed by atoms with E-state index in [4.69, 9.17) is 0 Å². The number of rotatable bonds is 1. The van der Waals surface area contributed by atoms with Gasteiger partial charge >= 0.3 is 0 Å². The number of carbonyl (C=O) groups excluding carboxylic acids is 2. The molecular formula is C17H14N2O2. The molecule has 0 spiro atoms. The van der Waals surface area contributed by atoms with Crippen LogP contribution in [0.3, 0.4) is 0 Å². The topological polar surface area (TPSA) is 50.3 Å². The average Bonchev–Trinajstić information content (AvgIpc) is 2.79. The molecule has 4 heteroatoms. The summed E-state index contributed by atoms with van der Waals surface area (Å²) in [5, 5.41) is 0.835. The van der Waals surface area contributed by atoms with E-state index in [0.717, 1.165) is 36.6 Å². The van der Waals surface area contributed by atoms with Gasteiger partial charge in [0.1, 0.15) is 0 Å². The van der Waals surface area contributed by atoms with E-state index in [-0.39, 0.29) is 11.8 Å². The van der Waals surface area contributed by atoms with Crippen LogP contribution in [0.4, 0.5) is 5.69 Å². The predicted octanol–water partition coefficient (Wildman–Crippen LogP) is 2.98. The van der Waals surface area contributed by atoms with Crippen molar-refractivity contribution in [2.24, 2.45) is 0 Å². The Morgan fingerprint density at radius 3 is 2.33 bits per heavy atom. The number of hydrogen-bond donors (Lipinski definition) is 0. The zero-order valence-corrected chi connectivity index (χ0v) is 11.5. The van der Waals surface area contributed by atoms with E-state index in [1.165, 1.54) is 4.90 Å². The quantitative estimate of drug-likeness (QED) is 0.753. The minimum atomic E-state index is -0.147. The smallest absolute Gasteiger partial charge is 0.261 e. The lowest BCUT2D eigenvalue weighted by Crippen LogP contribution is -2.31. The van der Waals surface area contributed by atoms with Gasteiger partial charge in [-0.2, -0.15) is 0 Å².